The second kappa shape index (κ2) is 7.73. The Kier molecular flexibility index (Phi) is 5.21. The SMILES string of the molecule is COc1cccc(OCc2nc(C(=O)N(C)C(C)c3ccon3)co2)c1. The Morgan fingerprint density at radius 3 is 2.85 bits per heavy atom. The highest BCUT2D eigenvalue weighted by Crippen LogP contribution is 2.21. The number of nitrogens with zero attached hydrogens (tertiary/aromatic N) is 3. The minimum atomic E-state index is -0.281. The van der Waals surface area contributed by atoms with Crippen LogP contribution in [0.2, 0.25) is 0 Å². The van der Waals surface area contributed by atoms with E-state index in [0.717, 1.165) is 0 Å². The maximum absolute atomic E-state index is 12.5. The summed E-state index contributed by atoms with van der Waals surface area (Å²) in [6, 6.07) is 8.65. The summed E-state index contributed by atoms with van der Waals surface area (Å²) in [6.07, 6.45) is 2.78. The molecule has 1 unspecified atom stereocenters. The molecule has 0 bridgehead atoms. The van der Waals surface area contributed by atoms with Crippen LogP contribution in [0, 0.1) is 0 Å². The Labute approximate surface area is 150 Å². The molecular weight excluding hydrogens is 338 g/mol. The van der Waals surface area contributed by atoms with E-state index >= 15 is 0 Å². The molecule has 0 aliphatic heterocycles. The fraction of sp³-hybridized carbons (Fsp3) is 0.278. The zero-order chi connectivity index (χ0) is 18.5. The first kappa shape index (κ1) is 17.5. The van der Waals surface area contributed by atoms with Crippen molar-refractivity contribution in [2.45, 2.75) is 19.6 Å². The van der Waals surface area contributed by atoms with Gasteiger partial charge in [0.25, 0.3) is 5.91 Å². The Morgan fingerprint density at radius 2 is 2.12 bits per heavy atom. The number of benzene rings is 1. The second-order valence-corrected chi connectivity index (χ2v) is 5.61. The quantitative estimate of drug-likeness (QED) is 0.642. The van der Waals surface area contributed by atoms with E-state index in [1.54, 1.807) is 32.4 Å². The van der Waals surface area contributed by atoms with Crippen molar-refractivity contribution >= 4 is 5.91 Å². The molecule has 0 fully saturated rings. The molecule has 8 heteroatoms. The molecule has 0 N–H and O–H groups in total. The summed E-state index contributed by atoms with van der Waals surface area (Å²) in [5.74, 6) is 1.33. The van der Waals surface area contributed by atoms with Gasteiger partial charge >= 0.3 is 0 Å². The number of carbonyl (C=O) groups excluding carboxylic acids is 1. The van der Waals surface area contributed by atoms with Gasteiger partial charge in [-0.2, -0.15) is 0 Å². The van der Waals surface area contributed by atoms with Crippen LogP contribution in [0.3, 0.4) is 0 Å². The van der Waals surface area contributed by atoms with Gasteiger partial charge in [-0.25, -0.2) is 4.98 Å². The summed E-state index contributed by atoms with van der Waals surface area (Å²) in [6.45, 7) is 1.95. The van der Waals surface area contributed by atoms with E-state index in [4.69, 9.17) is 18.4 Å². The van der Waals surface area contributed by atoms with Gasteiger partial charge in [0.2, 0.25) is 5.89 Å². The van der Waals surface area contributed by atoms with Crippen LogP contribution in [0.5, 0.6) is 11.5 Å². The van der Waals surface area contributed by atoms with E-state index in [2.05, 4.69) is 10.1 Å². The number of carbonyl (C=O) groups is 1. The number of methoxy groups -OCH3 is 1. The van der Waals surface area contributed by atoms with Gasteiger partial charge in [-0.05, 0) is 19.1 Å². The van der Waals surface area contributed by atoms with E-state index in [9.17, 15) is 4.79 Å². The normalized spacial score (nSPS) is 11.8. The molecule has 8 nitrogen and oxygen atoms in total. The average molecular weight is 357 g/mol. The van der Waals surface area contributed by atoms with Crippen molar-refractivity contribution < 1.29 is 23.2 Å². The van der Waals surface area contributed by atoms with Crippen molar-refractivity contribution in [3.63, 3.8) is 0 Å². The highest BCUT2D eigenvalue weighted by atomic mass is 16.5. The lowest BCUT2D eigenvalue weighted by Crippen LogP contribution is -2.30. The largest absolute Gasteiger partial charge is 0.497 e. The van der Waals surface area contributed by atoms with Crippen LogP contribution in [-0.4, -0.2) is 35.1 Å². The van der Waals surface area contributed by atoms with Gasteiger partial charge in [-0.3, -0.25) is 4.79 Å². The fourth-order valence-electron chi connectivity index (χ4n) is 2.30. The number of amides is 1. The minimum Gasteiger partial charge on any atom is -0.497 e. The predicted octanol–water partition coefficient (Wildman–Crippen LogP) is 3.08. The molecule has 0 saturated carbocycles. The first-order valence-electron chi connectivity index (χ1n) is 7.97. The molecule has 0 aliphatic carbocycles. The molecule has 2 heterocycles. The van der Waals surface area contributed by atoms with Gasteiger partial charge in [-0.1, -0.05) is 11.2 Å². The number of rotatable bonds is 7. The molecule has 3 aromatic rings. The van der Waals surface area contributed by atoms with Gasteiger partial charge in [-0.15, -0.1) is 0 Å². The van der Waals surface area contributed by atoms with Crippen LogP contribution >= 0.6 is 0 Å². The zero-order valence-electron chi connectivity index (χ0n) is 14.7. The van der Waals surface area contributed by atoms with Crippen molar-refractivity contribution in [1.82, 2.24) is 15.0 Å². The first-order chi connectivity index (χ1) is 12.6. The summed E-state index contributed by atoms with van der Waals surface area (Å²) < 4.78 is 20.9. The van der Waals surface area contributed by atoms with Crippen LogP contribution in [0.25, 0.3) is 0 Å². The predicted molar refractivity (Wildman–Crippen MR) is 90.8 cm³/mol. The van der Waals surface area contributed by atoms with E-state index in [1.807, 2.05) is 19.1 Å². The Balaban J connectivity index is 1.62. The topological polar surface area (TPSA) is 90.8 Å². The van der Waals surface area contributed by atoms with E-state index in [0.29, 0.717) is 23.1 Å². The molecule has 1 amide bonds. The zero-order valence-corrected chi connectivity index (χ0v) is 14.7. The molecule has 3 rings (SSSR count). The van der Waals surface area contributed by atoms with Gasteiger partial charge in [0.1, 0.15) is 29.7 Å². The van der Waals surface area contributed by atoms with Crippen LogP contribution in [0.15, 0.2) is 51.8 Å². The molecular formula is C18H19N3O5. The summed E-state index contributed by atoms with van der Waals surface area (Å²) in [7, 11) is 3.25. The van der Waals surface area contributed by atoms with Crippen molar-refractivity contribution in [3.8, 4) is 11.5 Å². The van der Waals surface area contributed by atoms with Gasteiger partial charge in [0.15, 0.2) is 12.3 Å². The van der Waals surface area contributed by atoms with E-state index in [1.165, 1.54) is 17.4 Å². The van der Waals surface area contributed by atoms with Crippen molar-refractivity contribution in [2.24, 2.45) is 0 Å². The number of oxazole rings is 1. The Hall–Kier alpha value is -3.29. The van der Waals surface area contributed by atoms with Gasteiger partial charge < -0.3 is 23.3 Å². The van der Waals surface area contributed by atoms with Crippen LogP contribution in [0.1, 0.15) is 35.0 Å². The number of ether oxygens (including phenoxy) is 2. The number of hydrogen-bond donors (Lipinski definition) is 0. The summed E-state index contributed by atoms with van der Waals surface area (Å²) in [4.78, 5) is 18.3. The summed E-state index contributed by atoms with van der Waals surface area (Å²) in [5.41, 5.74) is 0.859. The Morgan fingerprint density at radius 1 is 1.31 bits per heavy atom. The highest BCUT2D eigenvalue weighted by Gasteiger charge is 2.23. The molecule has 136 valence electrons. The van der Waals surface area contributed by atoms with Crippen LogP contribution in [0.4, 0.5) is 0 Å². The Bertz CT molecular complexity index is 859. The van der Waals surface area contributed by atoms with Crippen molar-refractivity contribution in [1.29, 1.82) is 0 Å². The number of hydrogen-bond acceptors (Lipinski definition) is 7. The van der Waals surface area contributed by atoms with Crippen LogP contribution < -0.4 is 9.47 Å². The average Bonchev–Trinajstić information content (AvgIpc) is 3.36. The molecule has 0 spiro atoms. The lowest BCUT2D eigenvalue weighted by molar-refractivity contribution is 0.0731. The fourth-order valence-corrected chi connectivity index (χ4v) is 2.30. The van der Waals surface area contributed by atoms with E-state index in [-0.39, 0.29) is 24.2 Å². The minimum absolute atomic E-state index is 0.100. The molecule has 2 aromatic heterocycles. The van der Waals surface area contributed by atoms with Crippen LogP contribution in [-0.2, 0) is 6.61 Å². The lowest BCUT2D eigenvalue weighted by Gasteiger charge is -2.21. The molecule has 1 aromatic carbocycles. The molecule has 0 aliphatic rings. The first-order valence-corrected chi connectivity index (χ1v) is 7.97. The van der Waals surface area contributed by atoms with E-state index < -0.39 is 0 Å². The molecule has 1 atom stereocenters. The third-order valence-corrected chi connectivity index (χ3v) is 3.96. The maximum atomic E-state index is 12.5. The van der Waals surface area contributed by atoms with Crippen molar-refractivity contribution in [3.05, 3.63) is 60.1 Å². The van der Waals surface area contributed by atoms with Crippen molar-refractivity contribution in [2.75, 3.05) is 14.2 Å². The lowest BCUT2D eigenvalue weighted by atomic mass is 10.2. The maximum Gasteiger partial charge on any atom is 0.276 e. The summed E-state index contributed by atoms with van der Waals surface area (Å²) >= 11 is 0. The smallest absolute Gasteiger partial charge is 0.276 e. The third kappa shape index (κ3) is 3.85. The second-order valence-electron chi connectivity index (χ2n) is 5.61. The highest BCUT2D eigenvalue weighted by molar-refractivity contribution is 5.92. The molecule has 0 radical (unpaired) electrons. The van der Waals surface area contributed by atoms with Gasteiger partial charge in [0, 0.05) is 19.2 Å². The standard InChI is InChI=1S/C18H19N3O5/c1-12(15-7-8-26-20-15)21(2)18(22)16-10-25-17(19-16)11-24-14-6-4-5-13(9-14)23-3/h4-10,12H,11H2,1-3H3. The summed E-state index contributed by atoms with van der Waals surface area (Å²) in [5, 5.41) is 3.85. The monoisotopic (exact) mass is 357 g/mol. The third-order valence-electron chi connectivity index (χ3n) is 3.96. The number of aromatic nitrogens is 2. The molecule has 26 heavy (non-hydrogen) atoms. The van der Waals surface area contributed by atoms with Gasteiger partial charge in [0.05, 0.1) is 13.2 Å². The molecule has 0 saturated heterocycles.